The van der Waals surface area contributed by atoms with Gasteiger partial charge in [0.1, 0.15) is 12.4 Å². The maximum absolute atomic E-state index is 5.67. The highest BCUT2D eigenvalue weighted by Crippen LogP contribution is 2.22. The van der Waals surface area contributed by atoms with Gasteiger partial charge in [-0.25, -0.2) is 0 Å². The fourth-order valence-corrected chi connectivity index (χ4v) is 1.83. The summed E-state index contributed by atoms with van der Waals surface area (Å²) in [6.07, 6.45) is 2.68. The van der Waals surface area contributed by atoms with Crippen molar-refractivity contribution in [3.63, 3.8) is 0 Å². The lowest BCUT2D eigenvalue weighted by Gasteiger charge is -2.34. The van der Waals surface area contributed by atoms with Crippen LogP contribution in [0.1, 0.15) is 12.8 Å². The van der Waals surface area contributed by atoms with Crippen LogP contribution >= 0.6 is 0 Å². The molecule has 88 valence electrons. The summed E-state index contributed by atoms with van der Waals surface area (Å²) >= 11 is 0. The second-order valence-electron chi connectivity index (χ2n) is 4.11. The Hall–Kier alpha value is -1.06. The van der Waals surface area contributed by atoms with E-state index < -0.39 is 0 Å². The molecule has 2 rings (SSSR count). The molecule has 1 N–H and O–H groups in total. The normalized spacial score (nSPS) is 23.8. The summed E-state index contributed by atoms with van der Waals surface area (Å²) in [6, 6.07) is 10.5. The summed E-state index contributed by atoms with van der Waals surface area (Å²) in [6.45, 7) is 1.31. The minimum Gasteiger partial charge on any atom is -0.491 e. The van der Waals surface area contributed by atoms with Gasteiger partial charge in [-0.2, -0.15) is 0 Å². The molecule has 0 radical (unpaired) electrons. The first-order valence-electron chi connectivity index (χ1n) is 5.85. The molecule has 1 aromatic rings. The lowest BCUT2D eigenvalue weighted by Crippen LogP contribution is -2.44. The highest BCUT2D eigenvalue weighted by Gasteiger charge is 2.27. The lowest BCUT2D eigenvalue weighted by molar-refractivity contribution is -0.0255. The van der Waals surface area contributed by atoms with Gasteiger partial charge in [-0.1, -0.05) is 18.2 Å². The van der Waals surface area contributed by atoms with Crippen molar-refractivity contribution in [2.24, 2.45) is 0 Å². The van der Waals surface area contributed by atoms with Crippen molar-refractivity contribution >= 4 is 0 Å². The Morgan fingerprint density at radius 1 is 1.19 bits per heavy atom. The zero-order chi connectivity index (χ0) is 11.2. The number of hydrogen-bond acceptors (Lipinski definition) is 3. The van der Waals surface area contributed by atoms with Gasteiger partial charge in [0, 0.05) is 6.04 Å². The molecule has 16 heavy (non-hydrogen) atoms. The van der Waals surface area contributed by atoms with E-state index >= 15 is 0 Å². The Labute approximate surface area is 96.8 Å². The summed E-state index contributed by atoms with van der Waals surface area (Å²) in [5, 5.41) is 3.24. The molecular formula is C13H19NO2. The largest absolute Gasteiger partial charge is 0.491 e. The molecule has 1 aromatic carbocycles. The molecule has 1 saturated carbocycles. The number of benzene rings is 1. The minimum absolute atomic E-state index is 0.428. The van der Waals surface area contributed by atoms with Crippen LogP contribution in [0.5, 0.6) is 5.75 Å². The van der Waals surface area contributed by atoms with Crippen LogP contribution < -0.4 is 10.1 Å². The van der Waals surface area contributed by atoms with Crippen LogP contribution in [0.3, 0.4) is 0 Å². The first-order valence-corrected chi connectivity index (χ1v) is 5.85. The number of hydrogen-bond donors (Lipinski definition) is 1. The Morgan fingerprint density at radius 3 is 2.62 bits per heavy atom. The van der Waals surface area contributed by atoms with Crippen LogP contribution in [-0.4, -0.2) is 32.4 Å². The molecule has 0 heterocycles. The van der Waals surface area contributed by atoms with Crippen molar-refractivity contribution in [2.75, 3.05) is 20.3 Å². The monoisotopic (exact) mass is 221 g/mol. The quantitative estimate of drug-likeness (QED) is 0.743. The van der Waals surface area contributed by atoms with Crippen molar-refractivity contribution in [3.05, 3.63) is 30.3 Å². The van der Waals surface area contributed by atoms with Gasteiger partial charge in [0.2, 0.25) is 0 Å². The number of ether oxygens (including phenoxy) is 2. The number of para-hydroxylation sites is 1. The van der Waals surface area contributed by atoms with Crippen molar-refractivity contribution in [3.8, 4) is 5.75 Å². The van der Waals surface area contributed by atoms with Crippen LogP contribution in [0.15, 0.2) is 30.3 Å². The minimum atomic E-state index is 0.428. The standard InChI is InChI=1S/C13H19NO2/c1-14-11-9-13(10-11)16-8-7-15-12-5-3-2-4-6-12/h2-6,11,13-14H,7-10H2,1H3. The molecule has 0 unspecified atom stereocenters. The van der Waals surface area contributed by atoms with Gasteiger partial charge in [0.15, 0.2) is 0 Å². The maximum Gasteiger partial charge on any atom is 0.119 e. The molecule has 0 aromatic heterocycles. The molecule has 0 amide bonds. The Morgan fingerprint density at radius 2 is 1.94 bits per heavy atom. The predicted octanol–water partition coefficient (Wildman–Crippen LogP) is 1.83. The van der Waals surface area contributed by atoms with Gasteiger partial charge in [0.25, 0.3) is 0 Å². The van der Waals surface area contributed by atoms with Crippen molar-refractivity contribution < 1.29 is 9.47 Å². The van der Waals surface area contributed by atoms with E-state index in [-0.39, 0.29) is 0 Å². The summed E-state index contributed by atoms with van der Waals surface area (Å²) < 4.78 is 11.2. The third kappa shape index (κ3) is 3.22. The topological polar surface area (TPSA) is 30.5 Å². The number of nitrogens with one attached hydrogen (secondary N) is 1. The van der Waals surface area contributed by atoms with Crippen LogP contribution in [0.2, 0.25) is 0 Å². The zero-order valence-electron chi connectivity index (χ0n) is 9.69. The van der Waals surface area contributed by atoms with Gasteiger partial charge in [-0.15, -0.1) is 0 Å². The summed E-state index contributed by atoms with van der Waals surface area (Å²) in [7, 11) is 2.00. The zero-order valence-corrected chi connectivity index (χ0v) is 9.69. The summed E-state index contributed by atoms with van der Waals surface area (Å²) in [5.74, 6) is 0.910. The maximum atomic E-state index is 5.67. The van der Waals surface area contributed by atoms with E-state index in [2.05, 4.69) is 5.32 Å². The third-order valence-electron chi connectivity index (χ3n) is 2.95. The highest BCUT2D eigenvalue weighted by molar-refractivity contribution is 5.20. The van der Waals surface area contributed by atoms with Crippen LogP contribution in [-0.2, 0) is 4.74 Å². The molecule has 3 heteroatoms. The molecule has 3 nitrogen and oxygen atoms in total. The molecule has 1 aliphatic rings. The Kier molecular flexibility index (Phi) is 4.19. The molecule has 0 bridgehead atoms. The smallest absolute Gasteiger partial charge is 0.119 e. The molecule has 1 aliphatic carbocycles. The van der Waals surface area contributed by atoms with Gasteiger partial charge in [-0.05, 0) is 32.0 Å². The first kappa shape index (κ1) is 11.4. The summed E-state index contributed by atoms with van der Waals surface area (Å²) in [5.41, 5.74) is 0. The van der Waals surface area contributed by atoms with E-state index in [0.717, 1.165) is 18.6 Å². The van der Waals surface area contributed by atoms with Gasteiger partial charge >= 0.3 is 0 Å². The Balaban J connectivity index is 1.53. The van der Waals surface area contributed by atoms with Crippen molar-refractivity contribution in [2.45, 2.75) is 25.0 Å². The van der Waals surface area contributed by atoms with Gasteiger partial charge in [-0.3, -0.25) is 0 Å². The van der Waals surface area contributed by atoms with E-state index in [4.69, 9.17) is 9.47 Å². The average Bonchev–Trinajstić information content (AvgIpc) is 2.28. The molecular weight excluding hydrogens is 202 g/mol. The van der Waals surface area contributed by atoms with Gasteiger partial charge < -0.3 is 14.8 Å². The predicted molar refractivity (Wildman–Crippen MR) is 63.8 cm³/mol. The fraction of sp³-hybridized carbons (Fsp3) is 0.538. The first-order chi connectivity index (χ1) is 7.88. The molecule has 0 aliphatic heterocycles. The lowest BCUT2D eigenvalue weighted by atomic mass is 9.89. The van der Waals surface area contributed by atoms with Crippen molar-refractivity contribution in [1.82, 2.24) is 5.32 Å². The second kappa shape index (κ2) is 5.87. The van der Waals surface area contributed by atoms with Gasteiger partial charge in [0.05, 0.1) is 12.7 Å². The van der Waals surface area contributed by atoms with E-state index in [1.807, 2.05) is 37.4 Å². The molecule has 0 saturated heterocycles. The second-order valence-corrected chi connectivity index (χ2v) is 4.11. The fourth-order valence-electron chi connectivity index (χ4n) is 1.83. The van der Waals surface area contributed by atoms with Crippen LogP contribution in [0.25, 0.3) is 0 Å². The van der Waals surface area contributed by atoms with E-state index in [9.17, 15) is 0 Å². The molecule has 0 spiro atoms. The summed E-state index contributed by atoms with van der Waals surface area (Å²) in [4.78, 5) is 0. The molecule has 1 fully saturated rings. The number of rotatable bonds is 6. The third-order valence-corrected chi connectivity index (χ3v) is 2.95. The average molecular weight is 221 g/mol. The Bertz CT molecular complexity index is 296. The van der Waals surface area contributed by atoms with E-state index in [0.29, 0.717) is 25.4 Å². The highest BCUT2D eigenvalue weighted by atomic mass is 16.5. The van der Waals surface area contributed by atoms with Crippen LogP contribution in [0.4, 0.5) is 0 Å². The van der Waals surface area contributed by atoms with E-state index in [1.54, 1.807) is 0 Å². The SMILES string of the molecule is CNC1CC(OCCOc2ccccc2)C1. The van der Waals surface area contributed by atoms with E-state index in [1.165, 1.54) is 0 Å². The molecule has 0 atom stereocenters. The van der Waals surface area contributed by atoms with Crippen LogP contribution in [0, 0.1) is 0 Å². The van der Waals surface area contributed by atoms with Crippen molar-refractivity contribution in [1.29, 1.82) is 0 Å².